The number of benzene rings is 1. The molecule has 0 spiro atoms. The van der Waals surface area contributed by atoms with Crippen molar-refractivity contribution < 1.29 is 4.79 Å². The molecule has 1 aromatic carbocycles. The minimum atomic E-state index is 0.191. The third kappa shape index (κ3) is 3.29. The highest BCUT2D eigenvalue weighted by Crippen LogP contribution is 2.30. The van der Waals surface area contributed by atoms with E-state index in [1.807, 2.05) is 34.0 Å². The van der Waals surface area contributed by atoms with Crippen LogP contribution in [0.15, 0.2) is 41.0 Å². The van der Waals surface area contributed by atoms with Gasteiger partial charge in [0.15, 0.2) is 4.34 Å². The van der Waals surface area contributed by atoms with E-state index in [1.165, 1.54) is 16.5 Å². The molecule has 24 heavy (non-hydrogen) atoms. The molecule has 0 radical (unpaired) electrons. The molecule has 2 aromatic heterocycles. The first kappa shape index (κ1) is 15.6. The van der Waals surface area contributed by atoms with Crippen molar-refractivity contribution in [2.24, 2.45) is 0 Å². The monoisotopic (exact) mass is 359 g/mol. The van der Waals surface area contributed by atoms with E-state index in [2.05, 4.69) is 21.4 Å². The summed E-state index contributed by atoms with van der Waals surface area (Å²) in [6.07, 6.45) is 5.46. The molecule has 0 aliphatic carbocycles. The molecular weight excluding hydrogens is 342 g/mol. The fraction of sp³-hybridized carbons (Fsp3) is 0.375. The first-order chi connectivity index (χ1) is 11.8. The summed E-state index contributed by atoms with van der Waals surface area (Å²) in [4.78, 5) is 18.9. The number of hydrogen-bond donors (Lipinski definition) is 0. The van der Waals surface area contributed by atoms with Crippen LogP contribution in [0.25, 0.3) is 10.2 Å². The number of hydrogen-bond acceptors (Lipinski definition) is 6. The van der Waals surface area contributed by atoms with Gasteiger partial charge in [-0.05, 0) is 25.0 Å². The van der Waals surface area contributed by atoms with Crippen LogP contribution in [0.4, 0.5) is 0 Å². The largest absolute Gasteiger partial charge is 0.342 e. The van der Waals surface area contributed by atoms with Crippen molar-refractivity contribution in [1.82, 2.24) is 24.9 Å². The van der Waals surface area contributed by atoms with Crippen molar-refractivity contribution >= 4 is 39.2 Å². The third-order valence-electron chi connectivity index (χ3n) is 4.23. The number of thiazole rings is 1. The molecule has 124 valence electrons. The van der Waals surface area contributed by atoms with Crippen molar-refractivity contribution in [2.75, 3.05) is 18.8 Å². The molecule has 1 fully saturated rings. The molecule has 3 heterocycles. The molecule has 1 saturated heterocycles. The highest BCUT2D eigenvalue weighted by molar-refractivity contribution is 8.01. The van der Waals surface area contributed by atoms with Crippen LogP contribution in [0.3, 0.4) is 0 Å². The minimum absolute atomic E-state index is 0.191. The van der Waals surface area contributed by atoms with E-state index in [1.54, 1.807) is 17.5 Å². The van der Waals surface area contributed by atoms with Crippen LogP contribution in [0.1, 0.15) is 18.9 Å². The molecule has 1 aliphatic rings. The van der Waals surface area contributed by atoms with Gasteiger partial charge in [-0.25, -0.2) is 9.67 Å². The van der Waals surface area contributed by atoms with E-state index in [4.69, 9.17) is 0 Å². The lowest BCUT2D eigenvalue weighted by atomic mass is 10.1. The second-order valence-corrected chi connectivity index (χ2v) is 7.98. The highest BCUT2D eigenvalue weighted by atomic mass is 32.2. The Kier molecular flexibility index (Phi) is 4.48. The van der Waals surface area contributed by atoms with Gasteiger partial charge in [0.05, 0.1) is 28.2 Å². The number of para-hydroxylation sites is 1. The lowest BCUT2D eigenvalue weighted by Gasteiger charge is -2.31. The number of likely N-dealkylation sites (tertiary alicyclic amines) is 1. The van der Waals surface area contributed by atoms with Crippen LogP contribution in [0, 0.1) is 0 Å². The van der Waals surface area contributed by atoms with Gasteiger partial charge in [0.2, 0.25) is 5.91 Å². The molecular formula is C16H17N5OS2. The number of carbonyl (C=O) groups excluding carboxylic acids is 1. The number of aromatic nitrogens is 4. The van der Waals surface area contributed by atoms with Gasteiger partial charge in [-0.1, -0.05) is 29.1 Å². The molecule has 1 amide bonds. The molecule has 0 bridgehead atoms. The van der Waals surface area contributed by atoms with Crippen LogP contribution in [-0.4, -0.2) is 49.6 Å². The van der Waals surface area contributed by atoms with Crippen LogP contribution in [0.2, 0.25) is 0 Å². The third-order valence-corrected chi connectivity index (χ3v) is 6.39. The summed E-state index contributed by atoms with van der Waals surface area (Å²) in [6, 6.07) is 8.43. The SMILES string of the molecule is O=C(CSc1nc2ccccc2s1)N1CCC(n2ccnn2)CC1. The maximum Gasteiger partial charge on any atom is 0.233 e. The minimum Gasteiger partial charge on any atom is -0.342 e. The summed E-state index contributed by atoms with van der Waals surface area (Å²) in [5, 5.41) is 7.91. The van der Waals surface area contributed by atoms with Crippen molar-refractivity contribution in [2.45, 2.75) is 23.2 Å². The van der Waals surface area contributed by atoms with Gasteiger partial charge in [-0.3, -0.25) is 4.79 Å². The average molecular weight is 359 g/mol. The Hall–Kier alpha value is -1.93. The van der Waals surface area contributed by atoms with Crippen molar-refractivity contribution in [3.63, 3.8) is 0 Å². The lowest BCUT2D eigenvalue weighted by Crippen LogP contribution is -2.40. The quantitative estimate of drug-likeness (QED) is 0.670. The fourth-order valence-electron chi connectivity index (χ4n) is 2.92. The zero-order chi connectivity index (χ0) is 16.4. The fourth-order valence-corrected chi connectivity index (χ4v) is 4.89. The summed E-state index contributed by atoms with van der Waals surface area (Å²) >= 11 is 3.18. The Morgan fingerprint density at radius 1 is 1.29 bits per heavy atom. The van der Waals surface area contributed by atoms with Crippen molar-refractivity contribution in [1.29, 1.82) is 0 Å². The van der Waals surface area contributed by atoms with E-state index in [0.717, 1.165) is 35.8 Å². The smallest absolute Gasteiger partial charge is 0.233 e. The molecule has 0 saturated carbocycles. The van der Waals surface area contributed by atoms with Crippen molar-refractivity contribution in [3.8, 4) is 0 Å². The second kappa shape index (κ2) is 6.90. The van der Waals surface area contributed by atoms with Crippen LogP contribution in [0.5, 0.6) is 0 Å². The first-order valence-corrected chi connectivity index (χ1v) is 9.72. The number of rotatable bonds is 4. The predicted molar refractivity (Wildman–Crippen MR) is 95.2 cm³/mol. The maximum absolute atomic E-state index is 12.4. The molecule has 0 unspecified atom stereocenters. The maximum atomic E-state index is 12.4. The van der Waals surface area contributed by atoms with Gasteiger partial charge in [0, 0.05) is 19.3 Å². The zero-order valence-electron chi connectivity index (χ0n) is 13.0. The molecule has 0 N–H and O–H groups in total. The Morgan fingerprint density at radius 2 is 2.12 bits per heavy atom. The normalized spacial score (nSPS) is 15.9. The van der Waals surface area contributed by atoms with Crippen LogP contribution in [-0.2, 0) is 4.79 Å². The van der Waals surface area contributed by atoms with E-state index in [0.29, 0.717) is 11.8 Å². The van der Waals surface area contributed by atoms with Gasteiger partial charge >= 0.3 is 0 Å². The highest BCUT2D eigenvalue weighted by Gasteiger charge is 2.24. The van der Waals surface area contributed by atoms with Crippen LogP contribution < -0.4 is 0 Å². The number of thioether (sulfide) groups is 1. The summed E-state index contributed by atoms with van der Waals surface area (Å²) in [6.45, 7) is 1.56. The number of amides is 1. The zero-order valence-corrected chi connectivity index (χ0v) is 14.7. The van der Waals surface area contributed by atoms with Gasteiger partial charge in [-0.15, -0.1) is 16.4 Å². The Balaban J connectivity index is 1.30. The number of nitrogens with zero attached hydrogens (tertiary/aromatic N) is 5. The molecule has 8 heteroatoms. The first-order valence-electron chi connectivity index (χ1n) is 7.91. The van der Waals surface area contributed by atoms with Crippen LogP contribution >= 0.6 is 23.1 Å². The summed E-state index contributed by atoms with van der Waals surface area (Å²) in [5.41, 5.74) is 1.01. The Labute approximate surface area is 147 Å². The summed E-state index contributed by atoms with van der Waals surface area (Å²) in [7, 11) is 0. The summed E-state index contributed by atoms with van der Waals surface area (Å²) < 4.78 is 4.03. The molecule has 0 atom stereocenters. The number of fused-ring (bicyclic) bond motifs is 1. The molecule has 6 nitrogen and oxygen atoms in total. The predicted octanol–water partition coefficient (Wildman–Crippen LogP) is 2.84. The molecule has 3 aromatic rings. The van der Waals surface area contributed by atoms with Gasteiger partial charge < -0.3 is 4.90 Å². The average Bonchev–Trinajstić information content (AvgIpc) is 3.29. The number of carbonyl (C=O) groups is 1. The van der Waals surface area contributed by atoms with Gasteiger partial charge in [0.25, 0.3) is 0 Å². The van der Waals surface area contributed by atoms with Gasteiger partial charge in [0.1, 0.15) is 0 Å². The molecule has 1 aliphatic heterocycles. The standard InChI is InChI=1S/C16H17N5OS2/c22-15(11-23-16-18-13-3-1-2-4-14(13)24-16)20-8-5-12(6-9-20)21-10-7-17-19-21/h1-4,7,10,12H,5-6,8-9,11H2. The lowest BCUT2D eigenvalue weighted by molar-refractivity contribution is -0.129. The number of piperidine rings is 1. The van der Waals surface area contributed by atoms with E-state index >= 15 is 0 Å². The Bertz CT molecular complexity index is 791. The van der Waals surface area contributed by atoms with E-state index in [-0.39, 0.29) is 5.91 Å². The molecule has 4 rings (SSSR count). The second-order valence-electron chi connectivity index (χ2n) is 5.73. The van der Waals surface area contributed by atoms with E-state index in [9.17, 15) is 4.79 Å². The Morgan fingerprint density at radius 3 is 2.88 bits per heavy atom. The van der Waals surface area contributed by atoms with E-state index < -0.39 is 0 Å². The topological polar surface area (TPSA) is 63.9 Å². The van der Waals surface area contributed by atoms with Gasteiger partial charge in [-0.2, -0.15) is 0 Å². The summed E-state index contributed by atoms with van der Waals surface area (Å²) in [5.74, 6) is 0.643. The van der Waals surface area contributed by atoms with Crippen molar-refractivity contribution in [3.05, 3.63) is 36.7 Å².